The third-order valence-corrected chi connectivity index (χ3v) is 3.94. The van der Waals surface area contributed by atoms with Crippen LogP contribution in [0.3, 0.4) is 0 Å². The summed E-state index contributed by atoms with van der Waals surface area (Å²) >= 11 is 0. The van der Waals surface area contributed by atoms with Crippen LogP contribution in [0, 0.1) is 0 Å². The van der Waals surface area contributed by atoms with E-state index in [0.717, 1.165) is 12.8 Å². The first-order chi connectivity index (χ1) is 12.5. The zero-order chi connectivity index (χ0) is 18.9. The van der Waals surface area contributed by atoms with Crippen LogP contribution in [-0.2, 0) is 14.3 Å². The van der Waals surface area contributed by atoms with Gasteiger partial charge in [-0.25, -0.2) is 0 Å². The Morgan fingerprint density at radius 2 is 1.96 bits per heavy atom. The molecule has 1 aliphatic rings. The van der Waals surface area contributed by atoms with E-state index in [0.29, 0.717) is 24.4 Å². The molecule has 1 saturated carbocycles. The molecular formula is C18H26N4O4. The Hall–Kier alpha value is -2.61. The van der Waals surface area contributed by atoms with Crippen molar-refractivity contribution in [3.8, 4) is 0 Å². The number of amides is 3. The molecule has 0 atom stereocenters. The van der Waals surface area contributed by atoms with Gasteiger partial charge in [-0.15, -0.1) is 0 Å². The van der Waals surface area contributed by atoms with E-state index < -0.39 is 0 Å². The molecule has 0 unspecified atom stereocenters. The molecule has 0 aliphatic heterocycles. The SMILES string of the molecule is COCCNC(=O)c1ccccc1NCC(=O)N(C)CC(=O)NC1CC1. The van der Waals surface area contributed by atoms with E-state index in [9.17, 15) is 14.4 Å². The van der Waals surface area contributed by atoms with Gasteiger partial charge in [0, 0.05) is 32.4 Å². The molecule has 0 heterocycles. The summed E-state index contributed by atoms with van der Waals surface area (Å²) in [6, 6.07) is 7.23. The van der Waals surface area contributed by atoms with E-state index in [2.05, 4.69) is 16.0 Å². The zero-order valence-corrected chi connectivity index (χ0v) is 15.2. The molecule has 3 amide bonds. The summed E-state index contributed by atoms with van der Waals surface area (Å²) < 4.78 is 4.91. The van der Waals surface area contributed by atoms with Crippen LogP contribution >= 0.6 is 0 Å². The lowest BCUT2D eigenvalue weighted by molar-refractivity contribution is -0.133. The second kappa shape index (κ2) is 9.76. The third-order valence-electron chi connectivity index (χ3n) is 3.94. The van der Waals surface area contributed by atoms with Gasteiger partial charge in [0.15, 0.2) is 0 Å². The van der Waals surface area contributed by atoms with Gasteiger partial charge in [0.2, 0.25) is 11.8 Å². The second-order valence-electron chi connectivity index (χ2n) is 6.24. The van der Waals surface area contributed by atoms with E-state index >= 15 is 0 Å². The minimum Gasteiger partial charge on any atom is -0.383 e. The fourth-order valence-corrected chi connectivity index (χ4v) is 2.31. The van der Waals surface area contributed by atoms with Crippen molar-refractivity contribution in [2.75, 3.05) is 45.7 Å². The maximum absolute atomic E-state index is 12.2. The van der Waals surface area contributed by atoms with Crippen molar-refractivity contribution >= 4 is 23.4 Å². The Morgan fingerprint density at radius 1 is 1.23 bits per heavy atom. The molecule has 1 fully saturated rings. The number of likely N-dealkylation sites (N-methyl/N-ethyl adjacent to an activating group) is 1. The number of ether oxygens (including phenoxy) is 1. The minimum absolute atomic E-state index is 0.00439. The van der Waals surface area contributed by atoms with Crippen molar-refractivity contribution in [3.05, 3.63) is 29.8 Å². The lowest BCUT2D eigenvalue weighted by atomic mass is 10.1. The smallest absolute Gasteiger partial charge is 0.253 e. The van der Waals surface area contributed by atoms with Gasteiger partial charge in [-0.3, -0.25) is 14.4 Å². The number of rotatable bonds is 10. The fraction of sp³-hybridized carbons (Fsp3) is 0.500. The van der Waals surface area contributed by atoms with Crippen molar-refractivity contribution in [2.24, 2.45) is 0 Å². The van der Waals surface area contributed by atoms with Crippen molar-refractivity contribution < 1.29 is 19.1 Å². The van der Waals surface area contributed by atoms with E-state index in [-0.39, 0.29) is 36.9 Å². The second-order valence-corrected chi connectivity index (χ2v) is 6.24. The molecule has 1 aliphatic carbocycles. The van der Waals surface area contributed by atoms with Crippen LogP contribution in [0.1, 0.15) is 23.2 Å². The number of nitrogens with one attached hydrogen (secondary N) is 3. The number of carbonyl (C=O) groups excluding carboxylic acids is 3. The van der Waals surface area contributed by atoms with Crippen LogP contribution < -0.4 is 16.0 Å². The normalized spacial score (nSPS) is 13.0. The van der Waals surface area contributed by atoms with Crippen LogP contribution in [0.4, 0.5) is 5.69 Å². The summed E-state index contributed by atoms with van der Waals surface area (Å²) in [5, 5.41) is 8.57. The largest absolute Gasteiger partial charge is 0.383 e. The maximum atomic E-state index is 12.2. The van der Waals surface area contributed by atoms with Crippen LogP contribution in [0.15, 0.2) is 24.3 Å². The van der Waals surface area contributed by atoms with E-state index in [1.54, 1.807) is 38.4 Å². The molecular weight excluding hydrogens is 336 g/mol. The van der Waals surface area contributed by atoms with Crippen LogP contribution in [0.2, 0.25) is 0 Å². The van der Waals surface area contributed by atoms with Gasteiger partial charge in [-0.1, -0.05) is 12.1 Å². The molecule has 3 N–H and O–H groups in total. The Labute approximate surface area is 153 Å². The molecule has 0 radical (unpaired) electrons. The fourth-order valence-electron chi connectivity index (χ4n) is 2.31. The molecule has 26 heavy (non-hydrogen) atoms. The Kier molecular flexibility index (Phi) is 7.40. The molecule has 0 saturated heterocycles. The minimum atomic E-state index is -0.241. The number of para-hydroxylation sites is 1. The third kappa shape index (κ3) is 6.36. The first kappa shape index (κ1) is 19.7. The predicted molar refractivity (Wildman–Crippen MR) is 97.9 cm³/mol. The summed E-state index contributed by atoms with van der Waals surface area (Å²) in [5.74, 6) is -0.624. The van der Waals surface area contributed by atoms with Gasteiger partial charge in [0.25, 0.3) is 5.91 Å². The summed E-state index contributed by atoms with van der Waals surface area (Å²) in [4.78, 5) is 37.6. The molecule has 2 rings (SSSR count). The molecule has 0 bridgehead atoms. The van der Waals surface area contributed by atoms with E-state index in [4.69, 9.17) is 4.74 Å². The number of benzene rings is 1. The maximum Gasteiger partial charge on any atom is 0.253 e. The Bertz CT molecular complexity index is 646. The molecule has 0 aromatic heterocycles. The highest BCUT2D eigenvalue weighted by atomic mass is 16.5. The molecule has 0 spiro atoms. The molecule has 1 aromatic rings. The van der Waals surface area contributed by atoms with Gasteiger partial charge in [-0.2, -0.15) is 0 Å². The number of anilines is 1. The Balaban J connectivity index is 1.84. The molecule has 8 heteroatoms. The number of hydrogen-bond acceptors (Lipinski definition) is 5. The van der Waals surface area contributed by atoms with E-state index in [1.165, 1.54) is 4.90 Å². The first-order valence-electron chi connectivity index (χ1n) is 8.64. The van der Waals surface area contributed by atoms with Crippen LogP contribution in [-0.4, -0.2) is 69.1 Å². The highest BCUT2D eigenvalue weighted by molar-refractivity contribution is 6.00. The van der Waals surface area contributed by atoms with Gasteiger partial charge < -0.3 is 25.6 Å². The average Bonchev–Trinajstić information content (AvgIpc) is 3.43. The molecule has 142 valence electrons. The van der Waals surface area contributed by atoms with Crippen LogP contribution in [0.25, 0.3) is 0 Å². The number of hydrogen-bond donors (Lipinski definition) is 3. The predicted octanol–water partition coefficient (Wildman–Crippen LogP) is 0.212. The van der Waals surface area contributed by atoms with Crippen molar-refractivity contribution in [1.29, 1.82) is 0 Å². The topological polar surface area (TPSA) is 99.8 Å². The highest BCUT2D eigenvalue weighted by Crippen LogP contribution is 2.18. The summed E-state index contributed by atoms with van der Waals surface area (Å²) in [6.07, 6.45) is 2.02. The average molecular weight is 362 g/mol. The number of nitrogens with zero attached hydrogens (tertiary/aromatic N) is 1. The Morgan fingerprint density at radius 3 is 2.65 bits per heavy atom. The van der Waals surface area contributed by atoms with Gasteiger partial charge in [0.05, 0.1) is 25.3 Å². The lowest BCUT2D eigenvalue weighted by Crippen LogP contribution is -2.41. The summed E-state index contributed by atoms with van der Waals surface area (Å²) in [7, 11) is 3.15. The lowest BCUT2D eigenvalue weighted by Gasteiger charge is -2.18. The highest BCUT2D eigenvalue weighted by Gasteiger charge is 2.24. The van der Waals surface area contributed by atoms with Crippen molar-refractivity contribution in [3.63, 3.8) is 0 Å². The quantitative estimate of drug-likeness (QED) is 0.517. The zero-order valence-electron chi connectivity index (χ0n) is 15.2. The number of carbonyl (C=O) groups is 3. The summed E-state index contributed by atoms with van der Waals surface area (Å²) in [6.45, 7) is 0.848. The molecule has 8 nitrogen and oxygen atoms in total. The van der Waals surface area contributed by atoms with Gasteiger partial charge >= 0.3 is 0 Å². The first-order valence-corrected chi connectivity index (χ1v) is 8.64. The summed E-state index contributed by atoms with van der Waals surface area (Å²) in [5.41, 5.74) is 1.01. The van der Waals surface area contributed by atoms with Crippen molar-refractivity contribution in [2.45, 2.75) is 18.9 Å². The standard InChI is InChI=1S/C18H26N4O4/c1-22(12-16(23)21-13-7-8-13)17(24)11-20-15-6-4-3-5-14(15)18(25)19-9-10-26-2/h3-6,13,20H,7-12H2,1-2H3,(H,19,25)(H,21,23). The monoisotopic (exact) mass is 362 g/mol. The van der Waals surface area contributed by atoms with Gasteiger partial charge in [-0.05, 0) is 25.0 Å². The van der Waals surface area contributed by atoms with Crippen LogP contribution in [0.5, 0.6) is 0 Å². The van der Waals surface area contributed by atoms with Gasteiger partial charge in [0.1, 0.15) is 0 Å². The van der Waals surface area contributed by atoms with Crippen molar-refractivity contribution in [1.82, 2.24) is 15.5 Å². The van der Waals surface area contributed by atoms with E-state index in [1.807, 2.05) is 0 Å². The number of methoxy groups -OCH3 is 1. The molecule has 1 aromatic carbocycles.